The van der Waals surface area contributed by atoms with Crippen LogP contribution in [0.15, 0.2) is 0 Å². The largest absolute Gasteiger partial charge is 0.343 e. The fourth-order valence-electron chi connectivity index (χ4n) is 1.87. The van der Waals surface area contributed by atoms with Crippen LogP contribution in [0.2, 0.25) is 0 Å². The molecule has 0 saturated carbocycles. The van der Waals surface area contributed by atoms with E-state index in [-0.39, 0.29) is 12.1 Å². The first-order chi connectivity index (χ1) is 7.51. The van der Waals surface area contributed by atoms with E-state index in [0.717, 1.165) is 6.42 Å². The van der Waals surface area contributed by atoms with Crippen LogP contribution in [-0.2, 0) is 9.09 Å². The second-order valence-corrected chi connectivity index (χ2v) is 6.87. The summed E-state index contributed by atoms with van der Waals surface area (Å²) in [5.41, 5.74) is 0. The highest BCUT2D eigenvalue weighted by Gasteiger charge is 2.38. The van der Waals surface area contributed by atoms with Crippen molar-refractivity contribution in [2.45, 2.75) is 32.4 Å². The number of hydrogen-bond donors (Lipinski definition) is 1. The van der Waals surface area contributed by atoms with Crippen molar-refractivity contribution in [3.05, 3.63) is 0 Å². The zero-order chi connectivity index (χ0) is 12.2. The molecular formula is C9H19Cl2N2O2P. The van der Waals surface area contributed by atoms with Gasteiger partial charge in [0.1, 0.15) is 0 Å². The van der Waals surface area contributed by atoms with Gasteiger partial charge in [0.15, 0.2) is 0 Å². The zero-order valence-electron chi connectivity index (χ0n) is 9.66. The van der Waals surface area contributed by atoms with Crippen LogP contribution >= 0.6 is 30.9 Å². The van der Waals surface area contributed by atoms with Crippen molar-refractivity contribution in [1.29, 1.82) is 0 Å². The van der Waals surface area contributed by atoms with Crippen molar-refractivity contribution < 1.29 is 9.09 Å². The first kappa shape index (κ1) is 14.7. The van der Waals surface area contributed by atoms with Crippen LogP contribution in [0.1, 0.15) is 20.3 Å². The number of hydrogen-bond acceptors (Lipinski definition) is 2. The molecule has 0 amide bonds. The van der Waals surface area contributed by atoms with E-state index < -0.39 is 7.67 Å². The number of nitrogens with one attached hydrogen (secondary N) is 1. The molecule has 0 aliphatic carbocycles. The SMILES string of the molecule is C[C@@H]1C[C@H](C)O[P@@](=O)(N(CCCl)CCCl)N1. The van der Waals surface area contributed by atoms with Crippen LogP contribution in [0.3, 0.4) is 0 Å². The van der Waals surface area contributed by atoms with Crippen molar-refractivity contribution in [3.63, 3.8) is 0 Å². The Morgan fingerprint density at radius 3 is 2.38 bits per heavy atom. The molecule has 1 fully saturated rings. The van der Waals surface area contributed by atoms with Gasteiger partial charge < -0.3 is 4.52 Å². The molecule has 0 radical (unpaired) electrons. The van der Waals surface area contributed by atoms with E-state index in [4.69, 9.17) is 27.7 Å². The lowest BCUT2D eigenvalue weighted by molar-refractivity contribution is 0.145. The summed E-state index contributed by atoms with van der Waals surface area (Å²) < 4.78 is 19.9. The summed E-state index contributed by atoms with van der Waals surface area (Å²) in [6.07, 6.45) is 0.856. The highest BCUT2D eigenvalue weighted by atomic mass is 35.5. The van der Waals surface area contributed by atoms with Gasteiger partial charge in [-0.3, -0.25) is 4.57 Å². The minimum absolute atomic E-state index is 0.00441. The molecule has 0 spiro atoms. The summed E-state index contributed by atoms with van der Waals surface area (Å²) in [7, 11) is -2.95. The van der Waals surface area contributed by atoms with Crippen molar-refractivity contribution >= 4 is 30.9 Å². The van der Waals surface area contributed by atoms with Gasteiger partial charge in [-0.25, -0.2) is 9.76 Å². The van der Waals surface area contributed by atoms with Gasteiger partial charge in [0.25, 0.3) is 0 Å². The molecule has 1 aliphatic rings. The predicted octanol–water partition coefficient (Wildman–Crippen LogP) is 2.66. The molecule has 1 heterocycles. The van der Waals surface area contributed by atoms with E-state index in [9.17, 15) is 4.57 Å². The lowest BCUT2D eigenvalue weighted by Crippen LogP contribution is -2.42. The number of halogens is 2. The third-order valence-corrected chi connectivity index (χ3v) is 5.34. The smallest absolute Gasteiger partial charge is 0.303 e. The fourth-order valence-corrected chi connectivity index (χ4v) is 4.83. The van der Waals surface area contributed by atoms with E-state index >= 15 is 0 Å². The summed E-state index contributed by atoms with van der Waals surface area (Å²) >= 11 is 11.4. The maximum absolute atomic E-state index is 12.6. The molecule has 0 aromatic rings. The lowest BCUT2D eigenvalue weighted by Gasteiger charge is -2.38. The molecule has 1 N–H and O–H groups in total. The van der Waals surface area contributed by atoms with Crippen LogP contribution in [0.25, 0.3) is 0 Å². The molecule has 16 heavy (non-hydrogen) atoms. The summed E-state index contributed by atoms with van der Waals surface area (Å²) in [5.74, 6) is 0.823. The van der Waals surface area contributed by atoms with Gasteiger partial charge in [-0.2, -0.15) is 0 Å². The van der Waals surface area contributed by atoms with E-state index in [0.29, 0.717) is 24.8 Å². The molecular weight excluding hydrogens is 270 g/mol. The Morgan fingerprint density at radius 1 is 1.38 bits per heavy atom. The zero-order valence-corrected chi connectivity index (χ0v) is 12.1. The maximum atomic E-state index is 12.6. The van der Waals surface area contributed by atoms with Gasteiger partial charge in [0, 0.05) is 30.9 Å². The molecule has 0 unspecified atom stereocenters. The molecule has 7 heteroatoms. The summed E-state index contributed by atoms with van der Waals surface area (Å²) in [4.78, 5) is 0. The Bertz CT molecular complexity index is 248. The van der Waals surface area contributed by atoms with E-state index in [1.807, 2.05) is 13.8 Å². The summed E-state index contributed by atoms with van der Waals surface area (Å²) in [5, 5.41) is 3.03. The Morgan fingerprint density at radius 2 is 1.94 bits per heavy atom. The third kappa shape index (κ3) is 3.86. The first-order valence-electron chi connectivity index (χ1n) is 5.45. The molecule has 1 aliphatic heterocycles. The second-order valence-electron chi connectivity index (χ2n) is 4.03. The van der Waals surface area contributed by atoms with Crippen LogP contribution in [0, 0.1) is 0 Å². The van der Waals surface area contributed by atoms with Gasteiger partial charge in [0.2, 0.25) is 0 Å². The lowest BCUT2D eigenvalue weighted by atomic mass is 10.2. The van der Waals surface area contributed by atoms with Crippen molar-refractivity contribution in [2.75, 3.05) is 24.8 Å². The molecule has 0 aromatic carbocycles. The van der Waals surface area contributed by atoms with Gasteiger partial charge in [0.05, 0.1) is 6.10 Å². The Hall–Kier alpha value is 0.690. The molecule has 3 atom stereocenters. The Labute approximate surface area is 107 Å². The van der Waals surface area contributed by atoms with Crippen molar-refractivity contribution in [3.8, 4) is 0 Å². The van der Waals surface area contributed by atoms with Crippen molar-refractivity contribution in [2.24, 2.45) is 0 Å². The third-order valence-electron chi connectivity index (χ3n) is 2.45. The van der Waals surface area contributed by atoms with E-state index in [2.05, 4.69) is 5.09 Å². The molecule has 0 aromatic heterocycles. The molecule has 4 nitrogen and oxygen atoms in total. The van der Waals surface area contributed by atoms with Crippen LogP contribution in [0.5, 0.6) is 0 Å². The normalized spacial score (nSPS) is 35.6. The predicted molar refractivity (Wildman–Crippen MR) is 68.4 cm³/mol. The quantitative estimate of drug-likeness (QED) is 0.624. The van der Waals surface area contributed by atoms with Gasteiger partial charge >= 0.3 is 7.67 Å². The van der Waals surface area contributed by atoms with Crippen LogP contribution in [0.4, 0.5) is 0 Å². The summed E-state index contributed by atoms with van der Waals surface area (Å²) in [6, 6.07) is 0.183. The highest BCUT2D eigenvalue weighted by Crippen LogP contribution is 2.51. The molecule has 96 valence electrons. The highest BCUT2D eigenvalue weighted by molar-refractivity contribution is 7.54. The summed E-state index contributed by atoms with van der Waals surface area (Å²) in [6.45, 7) is 4.96. The monoisotopic (exact) mass is 288 g/mol. The van der Waals surface area contributed by atoms with Crippen LogP contribution < -0.4 is 5.09 Å². The number of nitrogens with zero attached hydrogens (tertiary/aromatic N) is 1. The van der Waals surface area contributed by atoms with Gasteiger partial charge in [-0.1, -0.05) is 0 Å². The number of alkyl halides is 2. The average Bonchev–Trinajstić information content (AvgIpc) is 2.15. The molecule has 0 bridgehead atoms. The number of rotatable bonds is 5. The van der Waals surface area contributed by atoms with Gasteiger partial charge in [-0.05, 0) is 20.3 Å². The first-order valence-corrected chi connectivity index (χ1v) is 8.10. The maximum Gasteiger partial charge on any atom is 0.343 e. The minimum atomic E-state index is -2.95. The standard InChI is InChI=1S/C9H19Cl2N2O2P/c1-8-7-9(2)15-16(14,12-8)13(5-3-10)6-4-11/h8-9H,3-7H2,1-2H3,(H,12,14)/t8-,9+,16-/m1/s1. The van der Waals surface area contributed by atoms with E-state index in [1.165, 1.54) is 0 Å². The fraction of sp³-hybridized carbons (Fsp3) is 1.00. The van der Waals surface area contributed by atoms with Crippen LogP contribution in [-0.4, -0.2) is 41.7 Å². The molecule has 1 saturated heterocycles. The Kier molecular flexibility index (Phi) is 6.06. The molecule has 1 rings (SSSR count). The minimum Gasteiger partial charge on any atom is -0.303 e. The van der Waals surface area contributed by atoms with E-state index in [1.54, 1.807) is 4.67 Å². The van der Waals surface area contributed by atoms with Crippen molar-refractivity contribution in [1.82, 2.24) is 9.76 Å². The van der Waals surface area contributed by atoms with Gasteiger partial charge in [-0.15, -0.1) is 23.2 Å². The topological polar surface area (TPSA) is 41.6 Å². The second kappa shape index (κ2) is 6.58. The average molecular weight is 289 g/mol. The Balaban J connectivity index is 2.74.